The second-order valence-electron chi connectivity index (χ2n) is 5.70. The van der Waals surface area contributed by atoms with Gasteiger partial charge in [0.2, 0.25) is 0 Å². The van der Waals surface area contributed by atoms with Crippen LogP contribution in [0.25, 0.3) is 0 Å². The number of hydrogen-bond donors (Lipinski definition) is 1. The fourth-order valence-electron chi connectivity index (χ4n) is 2.58. The van der Waals surface area contributed by atoms with Gasteiger partial charge < -0.3 is 15.4 Å². The van der Waals surface area contributed by atoms with Crippen molar-refractivity contribution in [3.63, 3.8) is 0 Å². The predicted octanol–water partition coefficient (Wildman–Crippen LogP) is 3.44. The molecule has 3 nitrogen and oxygen atoms in total. The molecule has 0 saturated heterocycles. The summed E-state index contributed by atoms with van der Waals surface area (Å²) in [5, 5.41) is 0. The third kappa shape index (κ3) is 4.25. The zero-order valence-corrected chi connectivity index (χ0v) is 13.8. The van der Waals surface area contributed by atoms with E-state index in [1.54, 1.807) is 0 Å². The first-order valence-corrected chi connectivity index (χ1v) is 7.83. The zero-order chi connectivity index (χ0) is 15.9. The Bertz CT molecular complexity index is 578. The number of benzene rings is 2. The maximum absolute atomic E-state index is 6.01. The Hall–Kier alpha value is -2.00. The van der Waals surface area contributed by atoms with Crippen LogP contribution >= 0.6 is 0 Å². The molecule has 118 valence electrons. The molecule has 1 atom stereocenters. The van der Waals surface area contributed by atoms with E-state index < -0.39 is 0 Å². The highest BCUT2D eigenvalue weighted by atomic mass is 16.5. The SMILES string of the molecule is CCOc1cccc(C(CN)Cc2ccc(N(C)C)cc2)c1. The molecule has 2 N–H and O–H groups in total. The molecule has 0 radical (unpaired) electrons. The quantitative estimate of drug-likeness (QED) is 0.851. The molecule has 0 fully saturated rings. The van der Waals surface area contributed by atoms with E-state index in [1.165, 1.54) is 16.8 Å². The molecule has 2 aromatic carbocycles. The van der Waals surface area contributed by atoms with Gasteiger partial charge in [-0.15, -0.1) is 0 Å². The van der Waals surface area contributed by atoms with Gasteiger partial charge in [-0.25, -0.2) is 0 Å². The summed E-state index contributed by atoms with van der Waals surface area (Å²) in [5.74, 6) is 1.23. The lowest BCUT2D eigenvalue weighted by molar-refractivity contribution is 0.339. The Morgan fingerprint density at radius 2 is 1.82 bits per heavy atom. The summed E-state index contributed by atoms with van der Waals surface area (Å²) in [6.45, 7) is 3.31. The summed E-state index contributed by atoms with van der Waals surface area (Å²) in [6.07, 6.45) is 0.944. The van der Waals surface area contributed by atoms with Crippen LogP contribution in [0.2, 0.25) is 0 Å². The molecule has 22 heavy (non-hydrogen) atoms. The lowest BCUT2D eigenvalue weighted by atomic mass is 9.92. The van der Waals surface area contributed by atoms with Gasteiger partial charge in [0.05, 0.1) is 6.61 Å². The van der Waals surface area contributed by atoms with Gasteiger partial charge in [-0.1, -0.05) is 24.3 Å². The van der Waals surface area contributed by atoms with Crippen LogP contribution in [0, 0.1) is 0 Å². The average molecular weight is 298 g/mol. The zero-order valence-electron chi connectivity index (χ0n) is 13.8. The molecule has 1 unspecified atom stereocenters. The van der Waals surface area contributed by atoms with Crippen LogP contribution in [0.3, 0.4) is 0 Å². The minimum absolute atomic E-state index is 0.311. The van der Waals surface area contributed by atoms with Gasteiger partial charge in [-0.2, -0.15) is 0 Å². The molecule has 0 bridgehead atoms. The van der Waals surface area contributed by atoms with Gasteiger partial charge in [0.15, 0.2) is 0 Å². The van der Waals surface area contributed by atoms with Crippen LogP contribution in [0.4, 0.5) is 5.69 Å². The number of anilines is 1. The number of hydrogen-bond acceptors (Lipinski definition) is 3. The van der Waals surface area contributed by atoms with Gasteiger partial charge in [-0.3, -0.25) is 0 Å². The molecule has 0 aliphatic heterocycles. The number of nitrogens with zero attached hydrogens (tertiary/aromatic N) is 1. The molecule has 0 spiro atoms. The lowest BCUT2D eigenvalue weighted by Crippen LogP contribution is -2.15. The monoisotopic (exact) mass is 298 g/mol. The van der Waals surface area contributed by atoms with Crippen LogP contribution < -0.4 is 15.4 Å². The first-order chi connectivity index (χ1) is 10.6. The first-order valence-electron chi connectivity index (χ1n) is 7.83. The Morgan fingerprint density at radius 3 is 2.41 bits per heavy atom. The molecule has 0 aliphatic rings. The second kappa shape index (κ2) is 7.85. The molecular formula is C19H26N2O. The second-order valence-corrected chi connectivity index (χ2v) is 5.70. The molecule has 0 amide bonds. The minimum Gasteiger partial charge on any atom is -0.494 e. The standard InChI is InChI=1S/C19H26N2O/c1-4-22-19-7-5-6-16(13-19)17(14-20)12-15-8-10-18(11-9-15)21(2)3/h5-11,13,17H,4,12,14,20H2,1-3H3. The number of nitrogens with two attached hydrogens (primary N) is 1. The van der Waals surface area contributed by atoms with E-state index in [9.17, 15) is 0 Å². The molecule has 3 heteroatoms. The van der Waals surface area contributed by atoms with E-state index in [2.05, 4.69) is 55.4 Å². The van der Waals surface area contributed by atoms with E-state index in [4.69, 9.17) is 10.5 Å². The molecule has 0 aliphatic carbocycles. The van der Waals surface area contributed by atoms with E-state index in [-0.39, 0.29) is 0 Å². The van der Waals surface area contributed by atoms with Crippen LogP contribution in [0.1, 0.15) is 24.0 Å². The molecule has 0 heterocycles. The number of rotatable bonds is 7. The highest BCUT2D eigenvalue weighted by Crippen LogP contribution is 2.24. The smallest absolute Gasteiger partial charge is 0.119 e. The topological polar surface area (TPSA) is 38.5 Å². The van der Waals surface area contributed by atoms with Crippen molar-refractivity contribution in [2.75, 3.05) is 32.1 Å². The van der Waals surface area contributed by atoms with Gasteiger partial charge in [0.25, 0.3) is 0 Å². The summed E-state index contributed by atoms with van der Waals surface area (Å²) >= 11 is 0. The molecule has 0 aromatic heterocycles. The number of ether oxygens (including phenoxy) is 1. The van der Waals surface area contributed by atoms with Gasteiger partial charge >= 0.3 is 0 Å². The summed E-state index contributed by atoms with van der Waals surface area (Å²) in [6, 6.07) is 16.9. The highest BCUT2D eigenvalue weighted by molar-refractivity contribution is 5.46. The normalized spacial score (nSPS) is 12.0. The fraction of sp³-hybridized carbons (Fsp3) is 0.368. The summed E-state index contributed by atoms with van der Waals surface area (Å²) in [7, 11) is 4.11. The minimum atomic E-state index is 0.311. The van der Waals surface area contributed by atoms with E-state index in [0.29, 0.717) is 19.1 Å². The van der Waals surface area contributed by atoms with Crippen LogP contribution in [-0.2, 0) is 6.42 Å². The van der Waals surface area contributed by atoms with Crippen LogP contribution in [0.5, 0.6) is 5.75 Å². The summed E-state index contributed by atoms with van der Waals surface area (Å²) in [4.78, 5) is 2.11. The van der Waals surface area contributed by atoms with Gasteiger partial charge in [0, 0.05) is 25.7 Å². The molecular weight excluding hydrogens is 272 g/mol. The molecule has 2 rings (SSSR count). The molecule has 0 saturated carbocycles. The van der Waals surface area contributed by atoms with Crippen molar-refractivity contribution in [2.45, 2.75) is 19.3 Å². The predicted molar refractivity (Wildman–Crippen MR) is 93.9 cm³/mol. The van der Waals surface area contributed by atoms with Crippen LogP contribution in [-0.4, -0.2) is 27.2 Å². The Balaban J connectivity index is 2.13. The Kier molecular flexibility index (Phi) is 5.84. The summed E-state index contributed by atoms with van der Waals surface area (Å²) in [5.41, 5.74) is 9.77. The van der Waals surface area contributed by atoms with Crippen molar-refractivity contribution in [3.05, 3.63) is 59.7 Å². The van der Waals surface area contributed by atoms with Crippen molar-refractivity contribution in [2.24, 2.45) is 5.73 Å². The van der Waals surface area contributed by atoms with E-state index >= 15 is 0 Å². The Labute approximate surface area is 133 Å². The van der Waals surface area contributed by atoms with Crippen LogP contribution in [0.15, 0.2) is 48.5 Å². The van der Waals surface area contributed by atoms with Crippen molar-refractivity contribution in [1.82, 2.24) is 0 Å². The summed E-state index contributed by atoms with van der Waals surface area (Å²) < 4.78 is 5.59. The van der Waals surface area contributed by atoms with Crippen molar-refractivity contribution < 1.29 is 4.74 Å². The third-order valence-corrected chi connectivity index (χ3v) is 3.86. The van der Waals surface area contributed by atoms with Crippen molar-refractivity contribution >= 4 is 5.69 Å². The maximum atomic E-state index is 6.01. The van der Waals surface area contributed by atoms with Crippen molar-refractivity contribution in [1.29, 1.82) is 0 Å². The van der Waals surface area contributed by atoms with E-state index in [1.807, 2.05) is 19.1 Å². The Morgan fingerprint density at radius 1 is 1.09 bits per heavy atom. The van der Waals surface area contributed by atoms with Gasteiger partial charge in [-0.05, 0) is 55.3 Å². The third-order valence-electron chi connectivity index (χ3n) is 3.86. The highest BCUT2D eigenvalue weighted by Gasteiger charge is 2.12. The average Bonchev–Trinajstić information content (AvgIpc) is 2.53. The fourth-order valence-corrected chi connectivity index (χ4v) is 2.58. The maximum Gasteiger partial charge on any atom is 0.119 e. The van der Waals surface area contributed by atoms with Crippen molar-refractivity contribution in [3.8, 4) is 5.75 Å². The van der Waals surface area contributed by atoms with Gasteiger partial charge in [0.1, 0.15) is 5.75 Å². The lowest BCUT2D eigenvalue weighted by Gasteiger charge is -2.18. The van der Waals surface area contributed by atoms with E-state index in [0.717, 1.165) is 12.2 Å². The largest absolute Gasteiger partial charge is 0.494 e. The molecule has 2 aromatic rings. The first kappa shape index (κ1) is 16.4.